The average molecular weight is 736 g/mol. The zero-order chi connectivity index (χ0) is 35.3. The third kappa shape index (κ3) is 6.47. The van der Waals surface area contributed by atoms with Crippen molar-refractivity contribution in [3.05, 3.63) is 224 Å². The van der Waals surface area contributed by atoms with Crippen molar-refractivity contribution in [2.24, 2.45) is 0 Å². The minimum Gasteiger partial charge on any atom is -0.0351 e. The summed E-state index contributed by atoms with van der Waals surface area (Å²) >= 11 is -3.31. The molecule has 0 bridgehead atoms. The molecule has 1 nitrogen and oxygen atoms in total. The number of hydrogen-bond donors (Lipinski definition) is 0. The van der Waals surface area contributed by atoms with Crippen LogP contribution < -0.4 is 22.5 Å². The maximum Gasteiger partial charge on any atom is -0.0242 e. The van der Waals surface area contributed by atoms with Crippen LogP contribution in [0.3, 0.4) is 0 Å². The second-order valence-electron chi connectivity index (χ2n) is 12.8. The van der Waals surface area contributed by atoms with Crippen LogP contribution in [-0.2, 0) is 0 Å². The molecule has 0 saturated carbocycles. The summed E-state index contributed by atoms with van der Waals surface area (Å²) in [5.74, 6) is -0.612. The molecular formula is C48H35F2GeN. The minimum atomic E-state index is -3.31. The Morgan fingerprint density at radius 1 is 0.269 bits per heavy atom. The quantitative estimate of drug-likeness (QED) is 0.134. The van der Waals surface area contributed by atoms with Gasteiger partial charge in [0, 0.05) is 11.4 Å². The van der Waals surface area contributed by atoms with E-state index >= 15 is 0 Å². The molecule has 8 aromatic carbocycles. The topological polar surface area (TPSA) is 3.24 Å². The fourth-order valence-corrected chi connectivity index (χ4v) is 17.2. The van der Waals surface area contributed by atoms with Gasteiger partial charge in [-0.3, -0.25) is 0 Å². The summed E-state index contributed by atoms with van der Waals surface area (Å²) in [6.07, 6.45) is 0. The van der Waals surface area contributed by atoms with Crippen LogP contribution in [0, 0.1) is 11.6 Å². The van der Waals surface area contributed by atoms with Gasteiger partial charge in [-0.25, -0.2) is 8.78 Å². The molecule has 8 aromatic rings. The third-order valence-electron chi connectivity index (χ3n) is 9.79. The summed E-state index contributed by atoms with van der Waals surface area (Å²) in [5.41, 5.74) is 6.97. The van der Waals surface area contributed by atoms with E-state index in [0.29, 0.717) is 0 Å². The third-order valence-corrected chi connectivity index (χ3v) is 19.9. The second-order valence-corrected chi connectivity index (χ2v) is 20.8. The van der Waals surface area contributed by atoms with Gasteiger partial charge in [-0.05, 0) is 48.5 Å². The van der Waals surface area contributed by atoms with E-state index in [1.165, 1.54) is 47.4 Å². The summed E-state index contributed by atoms with van der Waals surface area (Å²) in [6.45, 7) is 0. The van der Waals surface area contributed by atoms with Crippen molar-refractivity contribution in [2.75, 3.05) is 4.90 Å². The van der Waals surface area contributed by atoms with Crippen LogP contribution in [0.5, 0.6) is 0 Å². The number of hydrogen-bond acceptors (Lipinski definition) is 1. The summed E-state index contributed by atoms with van der Waals surface area (Å²) in [7, 11) is 0. The first-order valence-electron chi connectivity index (χ1n) is 17.4. The van der Waals surface area contributed by atoms with E-state index in [2.05, 4.69) is 152 Å². The number of nitrogens with zero attached hydrogens (tertiary/aromatic N) is 1. The predicted octanol–water partition coefficient (Wildman–Crippen LogP) is 10.1. The van der Waals surface area contributed by atoms with E-state index in [4.69, 9.17) is 0 Å². The van der Waals surface area contributed by atoms with Crippen molar-refractivity contribution in [1.29, 1.82) is 0 Å². The van der Waals surface area contributed by atoms with Crippen LogP contribution in [0.1, 0.15) is 0 Å². The average Bonchev–Trinajstić information content (AvgIpc) is 3.22. The number of anilines is 3. The monoisotopic (exact) mass is 737 g/mol. The van der Waals surface area contributed by atoms with Crippen LogP contribution >= 0.6 is 0 Å². The molecule has 0 aromatic heterocycles. The maximum atomic E-state index is 13.8. The molecular weight excluding hydrogens is 701 g/mol. The van der Waals surface area contributed by atoms with Gasteiger partial charge in [0.1, 0.15) is 11.6 Å². The number of rotatable bonds is 9. The standard InChI is InChI=1S/C48H35F2GeN/c49-40-24-32-47(33-25-40)52(48-34-26-41(50)27-35-48)46-30-22-39(23-31-46)37-18-16-36(17-19-37)38-20-28-45(29-21-38)51(42-10-4-1-5-11-42,43-12-6-2-7-13-43)44-14-8-3-9-15-44/h1-35H. The molecule has 0 radical (unpaired) electrons. The zero-order valence-electron chi connectivity index (χ0n) is 28.4. The van der Waals surface area contributed by atoms with Crippen LogP contribution in [0.4, 0.5) is 25.8 Å². The van der Waals surface area contributed by atoms with Crippen LogP contribution in [-0.4, -0.2) is 13.3 Å². The van der Waals surface area contributed by atoms with Crippen molar-refractivity contribution in [3.8, 4) is 22.3 Å². The van der Waals surface area contributed by atoms with E-state index < -0.39 is 13.3 Å². The smallest absolute Gasteiger partial charge is 0.0242 e. The Hall–Kier alpha value is -6.04. The van der Waals surface area contributed by atoms with E-state index in [9.17, 15) is 8.78 Å². The van der Waals surface area contributed by atoms with Gasteiger partial charge in [0.25, 0.3) is 0 Å². The van der Waals surface area contributed by atoms with Gasteiger partial charge in [-0.15, -0.1) is 0 Å². The first kappa shape index (κ1) is 33.1. The Morgan fingerprint density at radius 3 is 0.846 bits per heavy atom. The Balaban J connectivity index is 1.10. The summed E-state index contributed by atoms with van der Waals surface area (Å²) in [6, 6.07) is 72.0. The zero-order valence-corrected chi connectivity index (χ0v) is 30.5. The van der Waals surface area contributed by atoms with Gasteiger partial charge in [-0.2, -0.15) is 0 Å². The van der Waals surface area contributed by atoms with Crippen molar-refractivity contribution >= 4 is 47.9 Å². The van der Waals surface area contributed by atoms with Gasteiger partial charge >= 0.3 is 223 Å². The van der Waals surface area contributed by atoms with Crippen LogP contribution in [0.15, 0.2) is 212 Å². The molecule has 4 heteroatoms. The fraction of sp³-hybridized carbons (Fsp3) is 0. The molecule has 0 unspecified atom stereocenters. The van der Waals surface area contributed by atoms with Gasteiger partial charge < -0.3 is 4.90 Å². The normalized spacial score (nSPS) is 11.3. The molecule has 0 fully saturated rings. The Bertz CT molecular complexity index is 2220. The SMILES string of the molecule is Fc1ccc(N(c2ccc(F)cc2)c2ccc(-c3ccc(-c4cc[c]([Ge]([c]5ccccc5)([c]5ccccc5)[c]5ccccc5)cc4)cc3)cc2)cc1. The molecule has 0 spiro atoms. The minimum absolute atomic E-state index is 0.306. The molecule has 0 heterocycles. The Morgan fingerprint density at radius 2 is 0.519 bits per heavy atom. The molecule has 0 aliphatic heterocycles. The number of benzene rings is 8. The van der Waals surface area contributed by atoms with E-state index in [1.807, 2.05) is 17.0 Å². The Labute approximate surface area is 306 Å². The van der Waals surface area contributed by atoms with E-state index in [-0.39, 0.29) is 11.6 Å². The second kappa shape index (κ2) is 14.7. The first-order chi connectivity index (χ1) is 25.6. The van der Waals surface area contributed by atoms with Gasteiger partial charge in [-0.1, -0.05) is 0 Å². The molecule has 0 atom stereocenters. The van der Waals surface area contributed by atoms with Crippen molar-refractivity contribution < 1.29 is 8.78 Å². The maximum absolute atomic E-state index is 13.8. The van der Waals surface area contributed by atoms with Crippen LogP contribution in [0.2, 0.25) is 0 Å². The molecule has 0 aliphatic carbocycles. The molecule has 0 amide bonds. The molecule has 52 heavy (non-hydrogen) atoms. The van der Waals surface area contributed by atoms with Gasteiger partial charge in [0.2, 0.25) is 0 Å². The van der Waals surface area contributed by atoms with Crippen LogP contribution in [0.25, 0.3) is 22.3 Å². The van der Waals surface area contributed by atoms with E-state index in [1.54, 1.807) is 24.3 Å². The Kier molecular flexibility index (Phi) is 9.35. The first-order valence-corrected chi connectivity index (χ1v) is 21.6. The van der Waals surface area contributed by atoms with Gasteiger partial charge in [0.05, 0.1) is 0 Å². The molecule has 8 rings (SSSR count). The molecule has 0 N–H and O–H groups in total. The van der Waals surface area contributed by atoms with Crippen molar-refractivity contribution in [2.45, 2.75) is 0 Å². The summed E-state index contributed by atoms with van der Waals surface area (Å²) < 4.78 is 33.2. The predicted molar refractivity (Wildman–Crippen MR) is 216 cm³/mol. The molecule has 0 saturated heterocycles. The molecule has 250 valence electrons. The van der Waals surface area contributed by atoms with E-state index in [0.717, 1.165) is 33.8 Å². The van der Waals surface area contributed by atoms with Crippen molar-refractivity contribution in [1.82, 2.24) is 0 Å². The fourth-order valence-electron chi connectivity index (χ4n) is 7.26. The molecule has 0 aliphatic rings. The number of halogens is 2. The summed E-state index contributed by atoms with van der Waals surface area (Å²) in [4.78, 5) is 1.99. The van der Waals surface area contributed by atoms with Gasteiger partial charge in [0.15, 0.2) is 0 Å². The summed E-state index contributed by atoms with van der Waals surface area (Å²) in [5, 5.41) is 0. The largest absolute Gasteiger partial charge is 0.0351 e. The van der Waals surface area contributed by atoms with Crippen molar-refractivity contribution in [3.63, 3.8) is 0 Å².